The first-order valence-corrected chi connectivity index (χ1v) is 6.56. The molecular formula is C15H19N3O. The summed E-state index contributed by atoms with van der Waals surface area (Å²) < 4.78 is 0. The molecule has 19 heavy (non-hydrogen) atoms. The zero-order valence-corrected chi connectivity index (χ0v) is 11.4. The van der Waals surface area contributed by atoms with Gasteiger partial charge in [0.15, 0.2) is 0 Å². The highest BCUT2D eigenvalue weighted by Gasteiger charge is 2.30. The van der Waals surface area contributed by atoms with E-state index in [0.29, 0.717) is 11.1 Å². The van der Waals surface area contributed by atoms with Gasteiger partial charge in [-0.25, -0.2) is 0 Å². The fourth-order valence-corrected chi connectivity index (χ4v) is 2.32. The summed E-state index contributed by atoms with van der Waals surface area (Å²) in [5.41, 5.74) is 1.38. The molecule has 0 bridgehead atoms. The second-order valence-corrected chi connectivity index (χ2v) is 5.29. The number of carbonyl (C=O) groups excluding carboxylic acids is 1. The van der Waals surface area contributed by atoms with Crippen LogP contribution in [0.1, 0.15) is 35.7 Å². The zero-order valence-electron chi connectivity index (χ0n) is 11.4. The number of rotatable bonds is 2. The van der Waals surface area contributed by atoms with E-state index < -0.39 is 0 Å². The predicted molar refractivity (Wildman–Crippen MR) is 73.8 cm³/mol. The maximum atomic E-state index is 12.3. The molecule has 0 saturated carbocycles. The number of hydrogen-bond acceptors (Lipinski definition) is 3. The number of nitrogens with one attached hydrogen (secondary N) is 1. The third-order valence-electron chi connectivity index (χ3n) is 4.02. The topological polar surface area (TPSA) is 56.1 Å². The van der Waals surface area contributed by atoms with E-state index >= 15 is 0 Å². The minimum atomic E-state index is 0.0580. The van der Waals surface area contributed by atoms with Gasteiger partial charge < -0.3 is 10.2 Å². The van der Waals surface area contributed by atoms with Gasteiger partial charge in [-0.15, -0.1) is 0 Å². The highest BCUT2D eigenvalue weighted by atomic mass is 16.2. The van der Waals surface area contributed by atoms with Crippen molar-refractivity contribution in [3.8, 4) is 6.07 Å². The fraction of sp³-hybridized carbons (Fsp3) is 0.467. The van der Waals surface area contributed by atoms with Crippen molar-refractivity contribution in [2.75, 3.05) is 20.1 Å². The molecule has 2 rings (SSSR count). The summed E-state index contributed by atoms with van der Waals surface area (Å²) >= 11 is 0. The van der Waals surface area contributed by atoms with Gasteiger partial charge in [-0.05, 0) is 51.1 Å². The molecule has 0 aliphatic carbocycles. The Morgan fingerprint density at radius 2 is 1.89 bits per heavy atom. The quantitative estimate of drug-likeness (QED) is 0.878. The van der Waals surface area contributed by atoms with Crippen molar-refractivity contribution in [1.29, 1.82) is 5.26 Å². The smallest absolute Gasteiger partial charge is 0.253 e. The van der Waals surface area contributed by atoms with Crippen LogP contribution in [0.25, 0.3) is 0 Å². The predicted octanol–water partition coefficient (Wildman–Crippen LogP) is 1.77. The lowest BCUT2D eigenvalue weighted by atomic mass is 9.89. The van der Waals surface area contributed by atoms with Gasteiger partial charge in [-0.3, -0.25) is 4.79 Å². The largest absolute Gasteiger partial charge is 0.339 e. The zero-order chi connectivity index (χ0) is 13.9. The lowest BCUT2D eigenvalue weighted by Crippen LogP contribution is -2.51. The number of likely N-dealkylation sites (tertiary alicyclic amines) is 1. The first-order valence-electron chi connectivity index (χ1n) is 6.56. The summed E-state index contributed by atoms with van der Waals surface area (Å²) in [6.07, 6.45) is 1.93. The van der Waals surface area contributed by atoms with Crippen LogP contribution in [0.5, 0.6) is 0 Å². The van der Waals surface area contributed by atoms with Gasteiger partial charge in [-0.1, -0.05) is 0 Å². The van der Waals surface area contributed by atoms with E-state index in [1.807, 2.05) is 11.9 Å². The number of nitriles is 1. The Balaban J connectivity index is 2.03. The van der Waals surface area contributed by atoms with Crippen LogP contribution in [0.4, 0.5) is 0 Å². The third kappa shape index (κ3) is 2.94. The van der Waals surface area contributed by atoms with Crippen molar-refractivity contribution < 1.29 is 4.79 Å². The molecule has 100 valence electrons. The second kappa shape index (κ2) is 5.41. The van der Waals surface area contributed by atoms with E-state index in [1.165, 1.54) is 0 Å². The van der Waals surface area contributed by atoms with E-state index in [9.17, 15) is 4.79 Å². The van der Waals surface area contributed by atoms with Crippen LogP contribution in [0.2, 0.25) is 0 Å². The van der Waals surface area contributed by atoms with Crippen molar-refractivity contribution in [1.82, 2.24) is 10.2 Å². The van der Waals surface area contributed by atoms with E-state index in [1.54, 1.807) is 24.3 Å². The summed E-state index contributed by atoms with van der Waals surface area (Å²) in [5, 5.41) is 12.1. The molecule has 1 saturated heterocycles. The molecule has 1 aromatic carbocycles. The van der Waals surface area contributed by atoms with Crippen LogP contribution in [-0.4, -0.2) is 36.5 Å². The molecule has 0 unspecified atom stereocenters. The summed E-state index contributed by atoms with van der Waals surface area (Å²) in [4.78, 5) is 14.2. The molecule has 1 aromatic rings. The number of carbonyl (C=O) groups is 1. The molecule has 0 aromatic heterocycles. The van der Waals surface area contributed by atoms with Gasteiger partial charge in [0.25, 0.3) is 5.91 Å². The van der Waals surface area contributed by atoms with Crippen LogP contribution in [0.3, 0.4) is 0 Å². The number of amides is 1. The van der Waals surface area contributed by atoms with Crippen LogP contribution < -0.4 is 5.32 Å². The standard InChI is InChI=1S/C15H19N3O/c1-15(17-2)7-9-18(10-8-15)14(19)13-5-3-12(11-16)4-6-13/h3-6,17H,7-10H2,1-2H3. The second-order valence-electron chi connectivity index (χ2n) is 5.29. The SMILES string of the molecule is CNC1(C)CCN(C(=O)c2ccc(C#N)cc2)CC1. The molecule has 1 fully saturated rings. The van der Waals surface area contributed by atoms with Crippen molar-refractivity contribution in [3.05, 3.63) is 35.4 Å². The minimum Gasteiger partial charge on any atom is -0.339 e. The summed E-state index contributed by atoms with van der Waals surface area (Å²) in [7, 11) is 1.97. The van der Waals surface area contributed by atoms with Gasteiger partial charge in [-0.2, -0.15) is 5.26 Å². The molecule has 4 nitrogen and oxygen atoms in total. The molecule has 1 aliphatic heterocycles. The molecule has 0 spiro atoms. The van der Waals surface area contributed by atoms with Crippen molar-refractivity contribution in [3.63, 3.8) is 0 Å². The van der Waals surface area contributed by atoms with Gasteiger partial charge in [0.1, 0.15) is 0 Å². The van der Waals surface area contributed by atoms with E-state index in [0.717, 1.165) is 25.9 Å². The molecule has 1 N–H and O–H groups in total. The third-order valence-corrected chi connectivity index (χ3v) is 4.02. The Hall–Kier alpha value is -1.86. The maximum absolute atomic E-state index is 12.3. The lowest BCUT2D eigenvalue weighted by molar-refractivity contribution is 0.0662. The van der Waals surface area contributed by atoms with Crippen molar-refractivity contribution in [2.45, 2.75) is 25.3 Å². The number of hydrogen-bond donors (Lipinski definition) is 1. The molecule has 0 atom stereocenters. The normalized spacial score (nSPS) is 17.8. The van der Waals surface area contributed by atoms with Gasteiger partial charge in [0.2, 0.25) is 0 Å². The van der Waals surface area contributed by atoms with Crippen molar-refractivity contribution in [2.24, 2.45) is 0 Å². The molecule has 1 heterocycles. The first-order chi connectivity index (χ1) is 9.08. The summed E-state index contributed by atoms with van der Waals surface area (Å²) in [5.74, 6) is 0.0580. The van der Waals surface area contributed by atoms with E-state index in [-0.39, 0.29) is 11.4 Å². The van der Waals surface area contributed by atoms with Crippen LogP contribution in [-0.2, 0) is 0 Å². The molecule has 0 radical (unpaired) electrons. The number of nitrogens with zero attached hydrogens (tertiary/aromatic N) is 2. The van der Waals surface area contributed by atoms with Crippen LogP contribution >= 0.6 is 0 Å². The number of benzene rings is 1. The summed E-state index contributed by atoms with van der Waals surface area (Å²) in [6, 6.07) is 8.89. The fourth-order valence-electron chi connectivity index (χ4n) is 2.32. The Morgan fingerprint density at radius 3 is 2.37 bits per heavy atom. The Kier molecular flexibility index (Phi) is 3.87. The molecule has 4 heteroatoms. The highest BCUT2D eigenvalue weighted by Crippen LogP contribution is 2.22. The van der Waals surface area contributed by atoms with E-state index in [4.69, 9.17) is 5.26 Å². The molecule has 1 aliphatic rings. The Morgan fingerprint density at radius 1 is 1.32 bits per heavy atom. The lowest BCUT2D eigenvalue weighted by Gasteiger charge is -2.39. The molecular weight excluding hydrogens is 238 g/mol. The van der Waals surface area contributed by atoms with Gasteiger partial charge in [0.05, 0.1) is 11.6 Å². The van der Waals surface area contributed by atoms with Gasteiger partial charge >= 0.3 is 0 Å². The van der Waals surface area contributed by atoms with Crippen LogP contribution in [0, 0.1) is 11.3 Å². The van der Waals surface area contributed by atoms with Gasteiger partial charge in [0, 0.05) is 24.2 Å². The monoisotopic (exact) mass is 257 g/mol. The van der Waals surface area contributed by atoms with Crippen LogP contribution in [0.15, 0.2) is 24.3 Å². The Labute approximate surface area is 114 Å². The van der Waals surface area contributed by atoms with Crippen molar-refractivity contribution >= 4 is 5.91 Å². The molecule has 1 amide bonds. The number of piperidine rings is 1. The minimum absolute atomic E-state index is 0.0580. The first kappa shape index (κ1) is 13.6. The Bertz CT molecular complexity index is 493. The highest BCUT2D eigenvalue weighted by molar-refractivity contribution is 5.94. The van der Waals surface area contributed by atoms with E-state index in [2.05, 4.69) is 18.3 Å². The summed E-state index contributed by atoms with van der Waals surface area (Å²) in [6.45, 7) is 3.74. The average molecular weight is 257 g/mol. The average Bonchev–Trinajstić information content (AvgIpc) is 2.47. The maximum Gasteiger partial charge on any atom is 0.253 e.